The first kappa shape index (κ1) is 18.2. The van der Waals surface area contributed by atoms with Gasteiger partial charge in [0.2, 0.25) is 0 Å². The fourth-order valence-electron chi connectivity index (χ4n) is 2.60. The minimum Gasteiger partial charge on any atom is -0.493 e. The standard InChI is InChI=1S/C19H20N2O4S/c1-3-4-13-5-6-16(17(9-13)24-2)25-11-14(22)10-21-12-20-15-7-8-26-18(15)19(21)23/h3,5-9,12,14,22H,1,4,10-11H2,2H3. The monoisotopic (exact) mass is 372 g/mol. The van der Waals surface area contributed by atoms with Gasteiger partial charge in [-0.15, -0.1) is 17.9 Å². The second-order valence-electron chi connectivity index (χ2n) is 5.78. The van der Waals surface area contributed by atoms with Gasteiger partial charge in [0, 0.05) is 0 Å². The first-order valence-corrected chi connectivity index (χ1v) is 9.01. The highest BCUT2D eigenvalue weighted by Gasteiger charge is 2.12. The van der Waals surface area contributed by atoms with Crippen LogP contribution in [0.3, 0.4) is 0 Å². The van der Waals surface area contributed by atoms with E-state index < -0.39 is 6.10 Å². The molecule has 0 amide bonds. The number of thiophene rings is 1. The number of aliphatic hydroxyl groups excluding tert-OH is 1. The summed E-state index contributed by atoms with van der Waals surface area (Å²) >= 11 is 1.34. The predicted molar refractivity (Wildman–Crippen MR) is 102 cm³/mol. The van der Waals surface area contributed by atoms with Crippen molar-refractivity contribution in [1.82, 2.24) is 9.55 Å². The highest BCUT2D eigenvalue weighted by Crippen LogP contribution is 2.28. The fraction of sp³-hybridized carbons (Fsp3) is 0.263. The lowest BCUT2D eigenvalue weighted by molar-refractivity contribution is 0.0900. The molecule has 1 unspecified atom stereocenters. The van der Waals surface area contributed by atoms with E-state index in [0.717, 1.165) is 12.0 Å². The summed E-state index contributed by atoms with van der Waals surface area (Å²) in [6, 6.07) is 7.40. The van der Waals surface area contributed by atoms with Gasteiger partial charge in [0.15, 0.2) is 11.5 Å². The van der Waals surface area contributed by atoms with Crippen molar-refractivity contribution in [1.29, 1.82) is 0 Å². The number of allylic oxidation sites excluding steroid dienone is 1. The third kappa shape index (κ3) is 3.95. The van der Waals surface area contributed by atoms with E-state index in [-0.39, 0.29) is 18.7 Å². The van der Waals surface area contributed by atoms with Crippen molar-refractivity contribution in [2.24, 2.45) is 0 Å². The van der Waals surface area contributed by atoms with Crippen molar-refractivity contribution in [3.05, 3.63) is 64.5 Å². The van der Waals surface area contributed by atoms with Crippen LogP contribution in [0.4, 0.5) is 0 Å². The van der Waals surface area contributed by atoms with Crippen LogP contribution in [0.25, 0.3) is 10.2 Å². The average Bonchev–Trinajstić information content (AvgIpc) is 3.12. The lowest BCUT2D eigenvalue weighted by atomic mass is 10.1. The van der Waals surface area contributed by atoms with E-state index in [4.69, 9.17) is 9.47 Å². The summed E-state index contributed by atoms with van der Waals surface area (Å²) in [6.07, 6.45) is 3.14. The highest BCUT2D eigenvalue weighted by atomic mass is 32.1. The molecule has 0 fully saturated rings. The van der Waals surface area contributed by atoms with Crippen LogP contribution in [0.2, 0.25) is 0 Å². The molecule has 0 saturated heterocycles. The Morgan fingerprint density at radius 1 is 1.38 bits per heavy atom. The molecule has 3 aromatic rings. The topological polar surface area (TPSA) is 73.6 Å². The maximum Gasteiger partial charge on any atom is 0.271 e. The van der Waals surface area contributed by atoms with Crippen LogP contribution in [-0.4, -0.2) is 34.5 Å². The summed E-state index contributed by atoms with van der Waals surface area (Å²) in [6.45, 7) is 3.86. The van der Waals surface area contributed by atoms with Crippen LogP contribution in [0.15, 0.2) is 53.4 Å². The van der Waals surface area contributed by atoms with Gasteiger partial charge < -0.3 is 14.6 Å². The average molecular weight is 372 g/mol. The van der Waals surface area contributed by atoms with Crippen LogP contribution in [0.5, 0.6) is 11.5 Å². The van der Waals surface area contributed by atoms with Gasteiger partial charge in [-0.1, -0.05) is 12.1 Å². The fourth-order valence-corrected chi connectivity index (χ4v) is 3.39. The van der Waals surface area contributed by atoms with Gasteiger partial charge in [-0.2, -0.15) is 0 Å². The van der Waals surface area contributed by atoms with E-state index >= 15 is 0 Å². The van der Waals surface area contributed by atoms with Gasteiger partial charge in [0.1, 0.15) is 17.4 Å². The Morgan fingerprint density at radius 3 is 3.00 bits per heavy atom. The molecule has 1 N–H and O–H groups in total. The molecule has 6 nitrogen and oxygen atoms in total. The summed E-state index contributed by atoms with van der Waals surface area (Å²) in [4.78, 5) is 16.6. The van der Waals surface area contributed by atoms with Gasteiger partial charge in [0.05, 0.1) is 25.5 Å². The van der Waals surface area contributed by atoms with Gasteiger partial charge in [-0.3, -0.25) is 9.36 Å². The Morgan fingerprint density at radius 2 is 2.23 bits per heavy atom. The van der Waals surface area contributed by atoms with E-state index in [1.165, 1.54) is 22.2 Å². The molecule has 0 bridgehead atoms. The van der Waals surface area contributed by atoms with Crippen molar-refractivity contribution in [2.45, 2.75) is 19.1 Å². The molecule has 3 rings (SSSR count). The van der Waals surface area contributed by atoms with Crippen molar-refractivity contribution in [3.63, 3.8) is 0 Å². The number of hydrogen-bond donors (Lipinski definition) is 1. The Kier molecular flexibility index (Phi) is 5.70. The molecule has 136 valence electrons. The third-order valence-corrected chi connectivity index (χ3v) is 4.77. The molecule has 0 aliphatic carbocycles. The third-order valence-electron chi connectivity index (χ3n) is 3.88. The molecule has 1 atom stereocenters. The molecule has 7 heteroatoms. The van der Waals surface area contributed by atoms with Crippen molar-refractivity contribution >= 4 is 21.6 Å². The Balaban J connectivity index is 1.66. The van der Waals surface area contributed by atoms with Gasteiger partial charge in [0.25, 0.3) is 5.56 Å². The minimum absolute atomic E-state index is 0.0338. The molecular weight excluding hydrogens is 352 g/mol. The van der Waals surface area contributed by atoms with E-state index in [1.807, 2.05) is 23.6 Å². The molecular formula is C19H20N2O4S. The molecule has 0 aliphatic heterocycles. The van der Waals surface area contributed by atoms with Crippen molar-refractivity contribution in [2.75, 3.05) is 13.7 Å². The number of benzene rings is 1. The van der Waals surface area contributed by atoms with Gasteiger partial charge in [-0.25, -0.2) is 4.98 Å². The zero-order chi connectivity index (χ0) is 18.5. The van der Waals surface area contributed by atoms with E-state index in [9.17, 15) is 9.90 Å². The Bertz CT molecular complexity index is 964. The van der Waals surface area contributed by atoms with E-state index in [0.29, 0.717) is 21.7 Å². The quantitative estimate of drug-likeness (QED) is 0.616. The molecule has 0 radical (unpaired) electrons. The van der Waals surface area contributed by atoms with E-state index in [1.54, 1.807) is 19.2 Å². The maximum atomic E-state index is 12.4. The molecule has 2 heterocycles. The zero-order valence-corrected chi connectivity index (χ0v) is 15.2. The lowest BCUT2D eigenvalue weighted by Crippen LogP contribution is -2.30. The normalized spacial score (nSPS) is 12.1. The second-order valence-corrected chi connectivity index (χ2v) is 6.70. The number of rotatable bonds is 8. The van der Waals surface area contributed by atoms with Gasteiger partial charge >= 0.3 is 0 Å². The summed E-state index contributed by atoms with van der Waals surface area (Å²) in [5.74, 6) is 1.13. The predicted octanol–water partition coefficient (Wildman–Crippen LogP) is 2.64. The van der Waals surface area contributed by atoms with Crippen LogP contribution in [0.1, 0.15) is 5.56 Å². The largest absolute Gasteiger partial charge is 0.493 e. The summed E-state index contributed by atoms with van der Waals surface area (Å²) in [5, 5.41) is 12.1. The first-order valence-electron chi connectivity index (χ1n) is 8.13. The van der Waals surface area contributed by atoms with Crippen molar-refractivity contribution < 1.29 is 14.6 Å². The number of ether oxygens (including phenoxy) is 2. The summed E-state index contributed by atoms with van der Waals surface area (Å²) < 4.78 is 13.0. The number of fused-ring (bicyclic) bond motifs is 1. The number of nitrogens with zero attached hydrogens (tertiary/aromatic N) is 2. The number of methoxy groups -OCH3 is 1. The van der Waals surface area contributed by atoms with Gasteiger partial charge in [-0.05, 0) is 35.6 Å². The molecule has 0 aliphatic rings. The van der Waals surface area contributed by atoms with Crippen LogP contribution in [0, 0.1) is 0 Å². The number of aromatic nitrogens is 2. The second kappa shape index (κ2) is 8.16. The minimum atomic E-state index is -0.857. The van der Waals surface area contributed by atoms with E-state index in [2.05, 4.69) is 11.6 Å². The lowest BCUT2D eigenvalue weighted by Gasteiger charge is -2.16. The summed E-state index contributed by atoms with van der Waals surface area (Å²) in [7, 11) is 1.57. The molecule has 1 aromatic carbocycles. The number of aliphatic hydroxyl groups is 1. The first-order chi connectivity index (χ1) is 12.6. The van der Waals surface area contributed by atoms with Crippen LogP contribution in [-0.2, 0) is 13.0 Å². The zero-order valence-electron chi connectivity index (χ0n) is 14.4. The van der Waals surface area contributed by atoms with Crippen LogP contribution >= 0.6 is 11.3 Å². The highest BCUT2D eigenvalue weighted by molar-refractivity contribution is 7.17. The Hall–Kier alpha value is -2.64. The molecule has 2 aromatic heterocycles. The van der Waals surface area contributed by atoms with Crippen molar-refractivity contribution in [3.8, 4) is 11.5 Å². The molecule has 0 spiro atoms. The molecule has 26 heavy (non-hydrogen) atoms. The summed E-state index contributed by atoms with van der Waals surface area (Å²) in [5.41, 5.74) is 1.58. The Labute approximate surface area is 155 Å². The van der Waals surface area contributed by atoms with Crippen LogP contribution < -0.4 is 15.0 Å². The molecule has 0 saturated carbocycles. The smallest absolute Gasteiger partial charge is 0.271 e. The maximum absolute atomic E-state index is 12.4. The SMILES string of the molecule is C=CCc1ccc(OCC(O)Cn2cnc3ccsc3c2=O)c(OC)c1. The number of hydrogen-bond acceptors (Lipinski definition) is 6.